The van der Waals surface area contributed by atoms with Gasteiger partial charge in [0.15, 0.2) is 0 Å². The number of halogens is 4. The van der Waals surface area contributed by atoms with Gasteiger partial charge < -0.3 is 0 Å². The van der Waals surface area contributed by atoms with Gasteiger partial charge in [0.05, 0.1) is 18.4 Å². The minimum atomic E-state index is -4.62. The summed E-state index contributed by atoms with van der Waals surface area (Å²) < 4.78 is 75.5. The summed E-state index contributed by atoms with van der Waals surface area (Å²) in [6.07, 6.45) is -3.90. The van der Waals surface area contributed by atoms with Crippen LogP contribution in [0.3, 0.4) is 0 Å². The van der Waals surface area contributed by atoms with Crippen LogP contribution in [0.4, 0.5) is 17.6 Å². The van der Waals surface area contributed by atoms with E-state index in [1.54, 1.807) is 0 Å². The minimum Gasteiger partial charge on any atom is -0.265 e. The van der Waals surface area contributed by atoms with E-state index in [4.69, 9.17) is 0 Å². The van der Waals surface area contributed by atoms with Gasteiger partial charge in [0.2, 0.25) is 0 Å². The van der Waals surface area contributed by atoms with Crippen molar-refractivity contribution in [1.82, 2.24) is 0 Å². The van der Waals surface area contributed by atoms with Gasteiger partial charge >= 0.3 is 6.18 Å². The fourth-order valence-electron chi connectivity index (χ4n) is 1.03. The van der Waals surface area contributed by atoms with E-state index in [0.29, 0.717) is 18.2 Å². The molecule has 0 spiro atoms. The highest BCUT2D eigenvalue weighted by atomic mass is 32.2. The molecule has 0 unspecified atom stereocenters. The molecule has 0 radical (unpaired) electrons. The van der Waals surface area contributed by atoms with Gasteiger partial charge in [-0.1, -0.05) is 0 Å². The molecule has 0 aromatic heterocycles. The molecule has 1 aromatic carbocycles. The van der Waals surface area contributed by atoms with E-state index >= 15 is 0 Å². The molecular weight excluding hydrogens is 264 g/mol. The molecule has 0 aliphatic carbocycles. The van der Waals surface area contributed by atoms with E-state index in [9.17, 15) is 26.0 Å². The van der Waals surface area contributed by atoms with Crippen LogP contribution >= 0.6 is 0 Å². The molecule has 0 bridgehead atoms. The highest BCUT2D eigenvalue weighted by Gasteiger charge is 2.31. The van der Waals surface area contributed by atoms with E-state index in [0.717, 1.165) is 6.26 Å². The lowest BCUT2D eigenvalue weighted by Crippen LogP contribution is -2.08. The van der Waals surface area contributed by atoms with Crippen LogP contribution in [0.15, 0.2) is 18.2 Å². The fourth-order valence-corrected chi connectivity index (χ4v) is 1.37. The Hall–Kier alpha value is -1.15. The molecule has 0 atom stereocenters. The largest absolute Gasteiger partial charge is 0.416 e. The zero-order valence-electron chi connectivity index (χ0n) is 8.58. The lowest BCUT2D eigenvalue weighted by molar-refractivity contribution is -0.137. The summed E-state index contributed by atoms with van der Waals surface area (Å²) in [6, 6.07) is 1.70. The summed E-state index contributed by atoms with van der Waals surface area (Å²) in [7, 11) is -3.84. The minimum absolute atomic E-state index is 0.467. The van der Waals surface area contributed by atoms with Crippen molar-refractivity contribution in [3.63, 3.8) is 0 Å². The van der Waals surface area contributed by atoms with Crippen LogP contribution in [0.1, 0.15) is 11.1 Å². The summed E-state index contributed by atoms with van der Waals surface area (Å²) in [6.45, 7) is -0.769. The molecule has 1 aromatic rings. The zero-order chi connectivity index (χ0) is 13.3. The highest BCUT2D eigenvalue weighted by molar-refractivity contribution is 7.85. The average Bonchev–Trinajstić information content (AvgIpc) is 2.13. The summed E-state index contributed by atoms with van der Waals surface area (Å²) in [5.41, 5.74) is -1.53. The lowest BCUT2D eigenvalue weighted by Gasteiger charge is -2.09. The first-order valence-corrected chi connectivity index (χ1v) is 6.11. The fraction of sp³-hybridized carbons (Fsp3) is 0.333. The number of alkyl halides is 3. The molecule has 0 aliphatic heterocycles. The molecule has 3 nitrogen and oxygen atoms in total. The van der Waals surface area contributed by atoms with Crippen LogP contribution < -0.4 is 0 Å². The van der Waals surface area contributed by atoms with Crippen molar-refractivity contribution in [3.8, 4) is 0 Å². The van der Waals surface area contributed by atoms with Gasteiger partial charge in [-0.3, -0.25) is 4.18 Å². The molecule has 8 heteroatoms. The van der Waals surface area contributed by atoms with Crippen molar-refractivity contribution < 1.29 is 30.2 Å². The molecular formula is C9H8F4O3S. The summed E-state index contributed by atoms with van der Waals surface area (Å²) in [5, 5.41) is 0. The molecule has 0 saturated carbocycles. The van der Waals surface area contributed by atoms with Crippen LogP contribution in [0.2, 0.25) is 0 Å². The average molecular weight is 272 g/mol. The molecule has 0 heterocycles. The van der Waals surface area contributed by atoms with E-state index in [1.807, 2.05) is 0 Å². The monoisotopic (exact) mass is 272 g/mol. The molecule has 0 amide bonds. The van der Waals surface area contributed by atoms with Crippen LogP contribution in [-0.2, 0) is 27.1 Å². The molecule has 17 heavy (non-hydrogen) atoms. The van der Waals surface area contributed by atoms with Crippen molar-refractivity contribution in [3.05, 3.63) is 35.1 Å². The van der Waals surface area contributed by atoms with Gasteiger partial charge in [0.25, 0.3) is 10.1 Å². The molecule has 0 N–H and O–H groups in total. The first-order chi connectivity index (χ1) is 7.59. The number of rotatable bonds is 3. The maximum absolute atomic E-state index is 13.1. The van der Waals surface area contributed by atoms with Crippen molar-refractivity contribution in [2.75, 3.05) is 6.26 Å². The maximum Gasteiger partial charge on any atom is 0.416 e. The SMILES string of the molecule is CS(=O)(=O)OCc1cc(C(F)(F)F)ccc1F. The van der Waals surface area contributed by atoms with E-state index < -0.39 is 39.8 Å². The standard InChI is InChI=1S/C9H8F4O3S/c1-17(14,15)16-5-6-4-7(9(11,12)13)2-3-8(6)10/h2-4H,5H2,1H3. The molecule has 0 saturated heterocycles. The van der Waals surface area contributed by atoms with Gasteiger partial charge in [-0.25, -0.2) is 4.39 Å². The first-order valence-electron chi connectivity index (χ1n) is 4.29. The summed E-state index contributed by atoms with van der Waals surface area (Å²) in [5.74, 6) is -0.957. The molecule has 0 aliphatic rings. The first kappa shape index (κ1) is 13.9. The lowest BCUT2D eigenvalue weighted by atomic mass is 10.1. The second kappa shape index (κ2) is 4.61. The summed E-state index contributed by atoms with van der Waals surface area (Å²) >= 11 is 0. The quantitative estimate of drug-likeness (QED) is 0.626. The van der Waals surface area contributed by atoms with Crippen molar-refractivity contribution >= 4 is 10.1 Å². The Bertz CT molecular complexity index is 507. The second-order valence-electron chi connectivity index (χ2n) is 3.27. The van der Waals surface area contributed by atoms with Crippen molar-refractivity contribution in [2.45, 2.75) is 12.8 Å². The van der Waals surface area contributed by atoms with Crippen LogP contribution in [-0.4, -0.2) is 14.7 Å². The van der Waals surface area contributed by atoms with Gasteiger partial charge in [-0.2, -0.15) is 21.6 Å². The van der Waals surface area contributed by atoms with Crippen molar-refractivity contribution in [1.29, 1.82) is 0 Å². The molecule has 1 rings (SSSR count). The predicted molar refractivity (Wildman–Crippen MR) is 51.0 cm³/mol. The molecule has 96 valence electrons. The molecule has 0 fully saturated rings. The maximum atomic E-state index is 13.1. The Balaban J connectivity index is 3.00. The third-order valence-electron chi connectivity index (χ3n) is 1.80. The normalized spacial score (nSPS) is 12.8. The Morgan fingerprint density at radius 2 is 1.88 bits per heavy atom. The Morgan fingerprint density at radius 3 is 2.35 bits per heavy atom. The van der Waals surface area contributed by atoms with E-state index in [-0.39, 0.29) is 0 Å². The van der Waals surface area contributed by atoms with Gasteiger partial charge in [0, 0.05) is 5.56 Å². The third kappa shape index (κ3) is 4.31. The zero-order valence-corrected chi connectivity index (χ0v) is 9.40. The van der Waals surface area contributed by atoms with Gasteiger partial charge in [0.1, 0.15) is 5.82 Å². The Morgan fingerprint density at radius 1 is 1.29 bits per heavy atom. The smallest absolute Gasteiger partial charge is 0.265 e. The predicted octanol–water partition coefficient (Wildman–Crippen LogP) is 2.32. The van der Waals surface area contributed by atoms with Gasteiger partial charge in [-0.05, 0) is 18.2 Å². The van der Waals surface area contributed by atoms with Crippen LogP contribution in [0.25, 0.3) is 0 Å². The highest BCUT2D eigenvalue weighted by Crippen LogP contribution is 2.30. The number of hydrogen-bond donors (Lipinski definition) is 0. The van der Waals surface area contributed by atoms with Crippen molar-refractivity contribution in [2.24, 2.45) is 0 Å². The Labute approximate surface area is 95.1 Å². The van der Waals surface area contributed by atoms with E-state index in [1.165, 1.54) is 0 Å². The number of benzene rings is 1. The van der Waals surface area contributed by atoms with Crippen LogP contribution in [0.5, 0.6) is 0 Å². The van der Waals surface area contributed by atoms with E-state index in [2.05, 4.69) is 4.18 Å². The third-order valence-corrected chi connectivity index (χ3v) is 2.35. The van der Waals surface area contributed by atoms with Gasteiger partial charge in [-0.15, -0.1) is 0 Å². The Kier molecular flexibility index (Phi) is 3.78. The van der Waals surface area contributed by atoms with Crippen LogP contribution in [0, 0.1) is 5.82 Å². The topological polar surface area (TPSA) is 43.4 Å². The second-order valence-corrected chi connectivity index (χ2v) is 4.91. The summed E-state index contributed by atoms with van der Waals surface area (Å²) in [4.78, 5) is 0. The number of hydrogen-bond acceptors (Lipinski definition) is 3.